The van der Waals surface area contributed by atoms with Crippen molar-refractivity contribution in [1.82, 2.24) is 10.6 Å². The molecule has 0 aliphatic heterocycles. The average molecular weight is 393 g/mol. The molecule has 26 heavy (non-hydrogen) atoms. The first kappa shape index (κ1) is 20.3. The minimum absolute atomic E-state index is 0.219. The third-order valence-corrected chi connectivity index (χ3v) is 4.64. The van der Waals surface area contributed by atoms with Crippen LogP contribution in [0.1, 0.15) is 11.1 Å². The summed E-state index contributed by atoms with van der Waals surface area (Å²) in [5.41, 5.74) is 2.09. The van der Waals surface area contributed by atoms with Crippen LogP contribution >= 0.6 is 23.2 Å². The summed E-state index contributed by atoms with van der Waals surface area (Å²) in [5.74, 6) is -0.960. The van der Waals surface area contributed by atoms with E-state index in [2.05, 4.69) is 10.6 Å². The monoisotopic (exact) mass is 392 g/mol. The molecule has 0 heterocycles. The van der Waals surface area contributed by atoms with Crippen molar-refractivity contribution in [2.45, 2.75) is 24.9 Å². The van der Waals surface area contributed by atoms with E-state index in [1.54, 1.807) is 0 Å². The molecule has 0 fully saturated rings. The minimum atomic E-state index is -0.699. The summed E-state index contributed by atoms with van der Waals surface area (Å²) in [5, 5.41) is 5.36. The number of carbonyl (C=O) groups excluding carboxylic acids is 2. The second-order valence-corrected chi connectivity index (χ2v) is 6.65. The van der Waals surface area contributed by atoms with Crippen LogP contribution in [0.3, 0.4) is 0 Å². The number of hydrogen-bond donors (Lipinski definition) is 2. The lowest BCUT2D eigenvalue weighted by molar-refractivity contribution is -0.139. The molecule has 6 heteroatoms. The quantitative estimate of drug-likeness (QED) is 0.535. The van der Waals surface area contributed by atoms with E-state index in [4.69, 9.17) is 23.2 Å². The van der Waals surface area contributed by atoms with Gasteiger partial charge < -0.3 is 10.6 Å². The molecule has 0 bridgehead atoms. The zero-order chi connectivity index (χ0) is 18.8. The van der Waals surface area contributed by atoms with E-state index < -0.39 is 11.8 Å². The van der Waals surface area contributed by atoms with Gasteiger partial charge in [0.25, 0.3) is 0 Å². The van der Waals surface area contributed by atoms with Crippen LogP contribution < -0.4 is 10.6 Å². The minimum Gasteiger partial charge on any atom is -0.344 e. The van der Waals surface area contributed by atoms with Crippen molar-refractivity contribution in [2.75, 3.05) is 11.8 Å². The molecular formula is C20H22Cl2N2O2. The number of alkyl halides is 2. The number of amides is 2. The fourth-order valence-electron chi connectivity index (χ4n) is 2.59. The summed E-state index contributed by atoms with van der Waals surface area (Å²) in [4.78, 5) is 24.4. The van der Waals surface area contributed by atoms with Gasteiger partial charge in [-0.1, -0.05) is 60.7 Å². The van der Waals surface area contributed by atoms with Crippen LogP contribution in [0.5, 0.6) is 0 Å². The molecule has 0 radical (unpaired) electrons. The Labute approximate surface area is 163 Å². The maximum atomic E-state index is 12.2. The van der Waals surface area contributed by atoms with Crippen molar-refractivity contribution in [3.8, 4) is 0 Å². The summed E-state index contributed by atoms with van der Waals surface area (Å²) < 4.78 is 0. The smallest absolute Gasteiger partial charge is 0.309 e. The van der Waals surface area contributed by atoms with Gasteiger partial charge in [0.2, 0.25) is 0 Å². The Bertz CT molecular complexity index is 634. The van der Waals surface area contributed by atoms with E-state index in [-0.39, 0.29) is 23.8 Å². The molecule has 0 spiro atoms. The lowest BCUT2D eigenvalue weighted by Crippen LogP contribution is -2.49. The number of hydrogen-bond acceptors (Lipinski definition) is 2. The van der Waals surface area contributed by atoms with E-state index >= 15 is 0 Å². The topological polar surface area (TPSA) is 58.2 Å². The Morgan fingerprint density at radius 3 is 1.35 bits per heavy atom. The Hall–Kier alpha value is -2.04. The lowest BCUT2D eigenvalue weighted by atomic mass is 10.1. The van der Waals surface area contributed by atoms with Crippen LogP contribution in [-0.4, -0.2) is 35.7 Å². The van der Waals surface area contributed by atoms with Crippen LogP contribution in [0.15, 0.2) is 60.7 Å². The molecule has 2 atom stereocenters. The summed E-state index contributed by atoms with van der Waals surface area (Å²) in [6, 6.07) is 18.7. The van der Waals surface area contributed by atoms with Gasteiger partial charge >= 0.3 is 11.8 Å². The highest BCUT2D eigenvalue weighted by atomic mass is 35.5. The Morgan fingerprint density at radius 2 is 1.04 bits per heavy atom. The first-order chi connectivity index (χ1) is 12.6. The van der Waals surface area contributed by atoms with Crippen LogP contribution in [-0.2, 0) is 22.4 Å². The molecule has 4 nitrogen and oxygen atoms in total. The molecule has 2 aromatic rings. The Balaban J connectivity index is 1.87. The fourth-order valence-corrected chi connectivity index (χ4v) is 2.96. The van der Waals surface area contributed by atoms with E-state index in [0.717, 1.165) is 11.1 Å². The van der Waals surface area contributed by atoms with Crippen molar-refractivity contribution in [3.63, 3.8) is 0 Å². The van der Waals surface area contributed by atoms with Crippen molar-refractivity contribution >= 4 is 35.0 Å². The van der Waals surface area contributed by atoms with Gasteiger partial charge in [0, 0.05) is 23.8 Å². The van der Waals surface area contributed by atoms with Crippen molar-refractivity contribution < 1.29 is 9.59 Å². The van der Waals surface area contributed by atoms with Crippen molar-refractivity contribution in [1.29, 1.82) is 0 Å². The van der Waals surface area contributed by atoms with E-state index in [0.29, 0.717) is 12.8 Å². The van der Waals surface area contributed by atoms with Gasteiger partial charge in [-0.3, -0.25) is 9.59 Å². The highest BCUT2D eigenvalue weighted by Gasteiger charge is 2.21. The zero-order valence-corrected chi connectivity index (χ0v) is 15.8. The molecule has 2 aromatic carbocycles. The number of carbonyl (C=O) groups is 2. The van der Waals surface area contributed by atoms with Gasteiger partial charge in [-0.15, -0.1) is 23.2 Å². The summed E-state index contributed by atoms with van der Waals surface area (Å²) in [7, 11) is 0. The third-order valence-electron chi connectivity index (χ3n) is 3.90. The van der Waals surface area contributed by atoms with Crippen LogP contribution in [0.2, 0.25) is 0 Å². The van der Waals surface area contributed by atoms with Gasteiger partial charge in [-0.2, -0.15) is 0 Å². The second kappa shape index (κ2) is 10.8. The lowest BCUT2D eigenvalue weighted by Gasteiger charge is -2.19. The van der Waals surface area contributed by atoms with E-state index in [1.165, 1.54) is 0 Å². The molecule has 2 N–H and O–H groups in total. The van der Waals surface area contributed by atoms with E-state index in [9.17, 15) is 9.59 Å². The molecule has 2 amide bonds. The number of halogens is 2. The highest BCUT2D eigenvalue weighted by molar-refractivity contribution is 6.35. The number of benzene rings is 2. The summed E-state index contributed by atoms with van der Waals surface area (Å²) in [6.45, 7) is 0. The molecule has 0 saturated carbocycles. The largest absolute Gasteiger partial charge is 0.344 e. The van der Waals surface area contributed by atoms with Crippen molar-refractivity contribution in [3.05, 3.63) is 71.8 Å². The maximum Gasteiger partial charge on any atom is 0.309 e. The highest BCUT2D eigenvalue weighted by Crippen LogP contribution is 2.06. The zero-order valence-electron chi connectivity index (χ0n) is 14.3. The molecular weight excluding hydrogens is 371 g/mol. The Kier molecular flexibility index (Phi) is 8.45. The van der Waals surface area contributed by atoms with Gasteiger partial charge in [-0.25, -0.2) is 0 Å². The number of rotatable bonds is 8. The molecule has 0 unspecified atom stereocenters. The molecule has 0 aliphatic carbocycles. The van der Waals surface area contributed by atoms with Crippen molar-refractivity contribution in [2.24, 2.45) is 0 Å². The predicted molar refractivity (Wildman–Crippen MR) is 106 cm³/mol. The molecule has 0 aliphatic rings. The molecule has 0 saturated heterocycles. The first-order valence-corrected chi connectivity index (χ1v) is 9.50. The average Bonchev–Trinajstić information content (AvgIpc) is 2.68. The van der Waals surface area contributed by atoms with E-state index in [1.807, 2.05) is 60.7 Å². The summed E-state index contributed by atoms with van der Waals surface area (Å²) >= 11 is 11.9. The summed E-state index contributed by atoms with van der Waals surface area (Å²) in [6.07, 6.45) is 1.12. The SMILES string of the molecule is O=C(N[C@H](CCl)Cc1ccccc1)C(=O)N[C@@H](CCl)Cc1ccccc1. The van der Waals surface area contributed by atoms with Crippen LogP contribution in [0.4, 0.5) is 0 Å². The van der Waals surface area contributed by atoms with Gasteiger partial charge in [0.05, 0.1) is 0 Å². The van der Waals surface area contributed by atoms with Crippen LogP contribution in [0, 0.1) is 0 Å². The van der Waals surface area contributed by atoms with Gasteiger partial charge in [0.1, 0.15) is 0 Å². The predicted octanol–water partition coefficient (Wildman–Crippen LogP) is 2.92. The maximum absolute atomic E-state index is 12.2. The second-order valence-electron chi connectivity index (χ2n) is 6.03. The number of nitrogens with one attached hydrogen (secondary N) is 2. The van der Waals surface area contributed by atoms with Gasteiger partial charge in [-0.05, 0) is 24.0 Å². The normalized spacial score (nSPS) is 12.8. The first-order valence-electron chi connectivity index (χ1n) is 8.43. The molecule has 0 aromatic heterocycles. The Morgan fingerprint density at radius 1 is 0.692 bits per heavy atom. The van der Waals surface area contributed by atoms with Gasteiger partial charge in [0.15, 0.2) is 0 Å². The standard InChI is InChI=1S/C20H22Cl2N2O2/c21-13-17(11-15-7-3-1-4-8-15)23-19(25)20(26)24-18(14-22)12-16-9-5-2-6-10-16/h1-10,17-18H,11-14H2,(H,23,25)(H,24,26)/t17-,18+. The molecule has 138 valence electrons. The fraction of sp³-hybridized carbons (Fsp3) is 0.300. The van der Waals surface area contributed by atoms with Crippen LogP contribution in [0.25, 0.3) is 0 Å². The third kappa shape index (κ3) is 6.70. The molecule has 2 rings (SSSR count).